The quantitative estimate of drug-likeness (QED) is 0.464. The van der Waals surface area contributed by atoms with Crippen molar-refractivity contribution < 1.29 is 14.6 Å². The van der Waals surface area contributed by atoms with Crippen LogP contribution in [0.5, 0.6) is 0 Å². The molecule has 0 amide bonds. The van der Waals surface area contributed by atoms with Gasteiger partial charge >= 0.3 is 5.95 Å². The van der Waals surface area contributed by atoms with E-state index in [0.717, 1.165) is 15.9 Å². The summed E-state index contributed by atoms with van der Waals surface area (Å²) in [6, 6.07) is 14.2. The molecule has 0 aliphatic heterocycles. The summed E-state index contributed by atoms with van der Waals surface area (Å²) in [4.78, 5) is 34.8. The van der Waals surface area contributed by atoms with Crippen LogP contribution in [-0.2, 0) is 4.79 Å². The van der Waals surface area contributed by atoms with Gasteiger partial charge in [-0.25, -0.2) is 0 Å². The number of rotatable bonds is 5. The van der Waals surface area contributed by atoms with Crippen LogP contribution in [-0.4, -0.2) is 35.8 Å². The van der Waals surface area contributed by atoms with Gasteiger partial charge in [0.25, 0.3) is 5.69 Å². The Bertz CT molecular complexity index is 1170. The van der Waals surface area contributed by atoms with E-state index >= 15 is 0 Å². The van der Waals surface area contributed by atoms with Crippen LogP contribution in [0.25, 0.3) is 5.57 Å². The minimum Gasteiger partial charge on any atom is -0.390 e. The molecule has 150 valence electrons. The maximum atomic E-state index is 13.1. The van der Waals surface area contributed by atoms with Crippen LogP contribution in [0.1, 0.15) is 29.5 Å². The molecule has 0 saturated carbocycles. The van der Waals surface area contributed by atoms with Gasteiger partial charge in [0, 0.05) is 23.3 Å². The molecular weight excluding hydrogens is 392 g/mol. The summed E-state index contributed by atoms with van der Waals surface area (Å²) in [6.07, 6.45) is 1.82. The van der Waals surface area contributed by atoms with Gasteiger partial charge in [-0.15, -0.1) is 0 Å². The first-order chi connectivity index (χ1) is 14.4. The molecule has 4 rings (SSSR count). The minimum absolute atomic E-state index is 0.118. The third-order valence-electron chi connectivity index (χ3n) is 4.91. The number of tetrazole rings is 1. The zero-order chi connectivity index (χ0) is 21.3. The summed E-state index contributed by atoms with van der Waals surface area (Å²) in [5.74, 6) is -1.67. The van der Waals surface area contributed by atoms with E-state index < -0.39 is 27.8 Å². The van der Waals surface area contributed by atoms with Crippen molar-refractivity contribution in [3.63, 3.8) is 0 Å². The molecule has 0 saturated heterocycles. The highest BCUT2D eigenvalue weighted by molar-refractivity contribution is 6.02. The average Bonchev–Trinajstić information content (AvgIpc) is 3.24. The molecule has 0 unspecified atom stereocenters. The van der Waals surface area contributed by atoms with Crippen LogP contribution >= 0.6 is 0 Å². The van der Waals surface area contributed by atoms with E-state index in [4.69, 9.17) is 0 Å². The van der Waals surface area contributed by atoms with Crippen molar-refractivity contribution in [3.05, 3.63) is 92.0 Å². The number of benzene rings is 2. The summed E-state index contributed by atoms with van der Waals surface area (Å²) in [6.45, 7) is 0. The molecule has 1 aromatic heterocycles. The van der Waals surface area contributed by atoms with Gasteiger partial charge in [0.15, 0.2) is 11.8 Å². The van der Waals surface area contributed by atoms with Crippen LogP contribution in [0.3, 0.4) is 0 Å². The highest BCUT2D eigenvalue weighted by Gasteiger charge is 2.39. The van der Waals surface area contributed by atoms with Gasteiger partial charge in [0.1, 0.15) is 0 Å². The average molecular weight is 406 g/mol. The van der Waals surface area contributed by atoms with Crippen LogP contribution in [0.4, 0.5) is 11.6 Å². The Morgan fingerprint density at radius 1 is 1.00 bits per heavy atom. The summed E-state index contributed by atoms with van der Waals surface area (Å²) in [5.41, 5.74) is 2.01. The van der Waals surface area contributed by atoms with E-state index in [1.165, 1.54) is 24.3 Å². The number of ketones is 1. The maximum Gasteiger partial charge on any atom is 0.514 e. The Hall–Kier alpha value is -4.28. The van der Waals surface area contributed by atoms with Gasteiger partial charge in [-0.1, -0.05) is 47.3 Å². The number of hydrogen-bond acceptors (Lipinski definition) is 8. The molecule has 3 aromatic rings. The molecule has 1 aliphatic carbocycles. The lowest BCUT2D eigenvalue weighted by atomic mass is 9.77. The highest BCUT2D eigenvalue weighted by Crippen LogP contribution is 2.42. The van der Waals surface area contributed by atoms with Crippen LogP contribution in [0.2, 0.25) is 0 Å². The van der Waals surface area contributed by atoms with Crippen LogP contribution < -0.4 is 0 Å². The lowest BCUT2D eigenvalue weighted by Gasteiger charge is -2.28. The summed E-state index contributed by atoms with van der Waals surface area (Å²) < 4.78 is 0. The van der Waals surface area contributed by atoms with E-state index in [2.05, 4.69) is 15.4 Å². The Balaban J connectivity index is 1.82. The molecule has 0 radical (unpaired) electrons. The minimum atomic E-state index is -1.01. The molecule has 0 fully saturated rings. The van der Waals surface area contributed by atoms with Crippen molar-refractivity contribution in [2.75, 3.05) is 0 Å². The molecule has 11 heteroatoms. The topological polar surface area (TPSA) is 147 Å². The number of aromatic nitrogens is 4. The standard InChI is InChI=1S/C19H14N6O5/c26-17-11-14(12-5-2-1-3-6-12)10-16(13-7-4-8-15(9-13)24(27)28)18(17)23-21-19(20-22-23)25(29)30/h1-9,11,16,18H,10H2/t16-,18-/m0/s1. The fourth-order valence-electron chi connectivity index (χ4n) is 3.57. The molecule has 11 nitrogen and oxygen atoms in total. The van der Waals surface area contributed by atoms with Crippen molar-refractivity contribution >= 4 is 23.0 Å². The largest absolute Gasteiger partial charge is 0.514 e. The van der Waals surface area contributed by atoms with Crippen molar-refractivity contribution in [3.8, 4) is 0 Å². The van der Waals surface area contributed by atoms with Crippen molar-refractivity contribution in [2.45, 2.75) is 18.4 Å². The molecule has 1 aliphatic rings. The lowest BCUT2D eigenvalue weighted by Crippen LogP contribution is -2.30. The fourth-order valence-corrected chi connectivity index (χ4v) is 3.57. The SMILES string of the molecule is O=C1C=C(c2ccccc2)C[C@@H](c2cccc([N+](=O)[O-])c2)[C@@H]1n1nnc([N+](=O)[O-])n1. The number of nitro groups is 2. The highest BCUT2D eigenvalue weighted by atomic mass is 16.6. The zero-order valence-electron chi connectivity index (χ0n) is 15.4. The maximum absolute atomic E-state index is 13.1. The summed E-state index contributed by atoms with van der Waals surface area (Å²) in [5, 5.41) is 33.0. The molecule has 30 heavy (non-hydrogen) atoms. The Morgan fingerprint density at radius 2 is 1.77 bits per heavy atom. The number of non-ortho nitro benzene ring substituents is 1. The Morgan fingerprint density at radius 3 is 2.43 bits per heavy atom. The number of nitrogens with zero attached hydrogens (tertiary/aromatic N) is 6. The molecule has 0 bridgehead atoms. The van der Waals surface area contributed by atoms with E-state index in [1.54, 1.807) is 6.07 Å². The molecular formula is C19H14N6O5. The number of carbonyl (C=O) groups excluding carboxylic acids is 1. The van der Waals surface area contributed by atoms with E-state index in [9.17, 15) is 25.0 Å². The normalized spacial score (nSPS) is 18.7. The number of allylic oxidation sites excluding steroid dienone is 2. The van der Waals surface area contributed by atoms with Crippen LogP contribution in [0, 0.1) is 20.2 Å². The Kier molecular flexibility index (Phi) is 4.84. The second-order valence-corrected chi connectivity index (χ2v) is 6.71. The van der Waals surface area contributed by atoms with Gasteiger partial charge in [0.2, 0.25) is 0 Å². The second kappa shape index (κ2) is 7.62. The first-order valence-corrected chi connectivity index (χ1v) is 8.92. The molecule has 2 atom stereocenters. The zero-order valence-corrected chi connectivity index (χ0v) is 15.4. The first kappa shape index (κ1) is 19.1. The molecule has 0 spiro atoms. The number of nitro benzene ring substituents is 1. The monoisotopic (exact) mass is 406 g/mol. The lowest BCUT2D eigenvalue weighted by molar-refractivity contribution is -0.394. The van der Waals surface area contributed by atoms with Gasteiger partial charge < -0.3 is 10.1 Å². The fraction of sp³-hybridized carbons (Fsp3) is 0.158. The van der Waals surface area contributed by atoms with E-state index in [-0.39, 0.29) is 11.5 Å². The summed E-state index contributed by atoms with van der Waals surface area (Å²) in [7, 11) is 0. The van der Waals surface area contributed by atoms with Gasteiger partial charge in [-0.3, -0.25) is 14.9 Å². The van der Waals surface area contributed by atoms with Gasteiger partial charge in [-0.05, 0) is 34.1 Å². The number of carbonyl (C=O) groups is 1. The predicted octanol–water partition coefficient (Wildman–Crippen LogP) is 2.87. The molecule has 1 heterocycles. The first-order valence-electron chi connectivity index (χ1n) is 8.92. The van der Waals surface area contributed by atoms with Gasteiger partial charge in [0.05, 0.1) is 15.1 Å². The second-order valence-electron chi connectivity index (χ2n) is 6.71. The number of hydrogen-bond donors (Lipinski definition) is 0. The third kappa shape index (κ3) is 3.55. The van der Waals surface area contributed by atoms with Crippen molar-refractivity contribution in [1.82, 2.24) is 20.2 Å². The van der Waals surface area contributed by atoms with E-state index in [0.29, 0.717) is 12.0 Å². The Labute approximate surface area is 168 Å². The predicted molar refractivity (Wildman–Crippen MR) is 103 cm³/mol. The van der Waals surface area contributed by atoms with E-state index in [1.807, 2.05) is 30.3 Å². The van der Waals surface area contributed by atoms with Crippen LogP contribution in [0.15, 0.2) is 60.7 Å². The molecule has 0 N–H and O–H groups in total. The third-order valence-corrected chi connectivity index (χ3v) is 4.91. The van der Waals surface area contributed by atoms with Gasteiger partial charge in [-0.2, -0.15) is 0 Å². The smallest absolute Gasteiger partial charge is 0.390 e. The van der Waals surface area contributed by atoms with Crippen molar-refractivity contribution in [1.29, 1.82) is 0 Å². The van der Waals surface area contributed by atoms with Crippen molar-refractivity contribution in [2.24, 2.45) is 0 Å². The summed E-state index contributed by atoms with van der Waals surface area (Å²) >= 11 is 0. The molecule has 2 aromatic carbocycles.